The largest absolute Gasteiger partial charge is 0.418 e. The fourth-order valence-electron chi connectivity index (χ4n) is 2.14. The van der Waals surface area contributed by atoms with Crippen LogP contribution in [0.5, 0.6) is 0 Å². The van der Waals surface area contributed by atoms with Crippen LogP contribution in [0.3, 0.4) is 0 Å². The Labute approximate surface area is 121 Å². The zero-order chi connectivity index (χ0) is 15.6. The maximum atomic E-state index is 13.0. The number of nitrogens with one attached hydrogen (secondary N) is 1. The third-order valence-corrected chi connectivity index (χ3v) is 2.94. The van der Waals surface area contributed by atoms with Gasteiger partial charge < -0.3 is 9.88 Å². The minimum absolute atomic E-state index is 0.0145. The van der Waals surface area contributed by atoms with Gasteiger partial charge in [0.1, 0.15) is 0 Å². The average Bonchev–Trinajstić information content (AvgIpc) is 2.68. The highest BCUT2D eigenvalue weighted by Gasteiger charge is 2.33. The van der Waals surface area contributed by atoms with Crippen molar-refractivity contribution in [1.29, 1.82) is 0 Å². The number of alkyl halides is 3. The van der Waals surface area contributed by atoms with Crippen molar-refractivity contribution in [2.45, 2.75) is 33.5 Å². The van der Waals surface area contributed by atoms with Gasteiger partial charge in [-0.05, 0) is 25.0 Å². The highest BCUT2D eigenvalue weighted by Crippen LogP contribution is 2.35. The summed E-state index contributed by atoms with van der Waals surface area (Å²) in [5, 5.41) is 2.81. The summed E-state index contributed by atoms with van der Waals surface area (Å²) < 4.78 is 40.8. The molecule has 3 nitrogen and oxygen atoms in total. The first-order valence-corrected chi connectivity index (χ1v) is 6.74. The van der Waals surface area contributed by atoms with Crippen molar-refractivity contribution in [1.82, 2.24) is 9.55 Å². The van der Waals surface area contributed by atoms with E-state index in [1.54, 1.807) is 6.07 Å². The lowest BCUT2D eigenvalue weighted by Crippen LogP contribution is -2.12. The van der Waals surface area contributed by atoms with Crippen LogP contribution < -0.4 is 5.32 Å². The van der Waals surface area contributed by atoms with Crippen LogP contribution in [0.1, 0.15) is 25.1 Å². The first-order valence-electron chi connectivity index (χ1n) is 6.74. The number of imidazole rings is 1. The molecule has 1 N–H and O–H groups in total. The van der Waals surface area contributed by atoms with E-state index >= 15 is 0 Å². The van der Waals surface area contributed by atoms with Crippen molar-refractivity contribution in [2.75, 3.05) is 5.32 Å². The van der Waals surface area contributed by atoms with E-state index in [1.807, 2.05) is 31.5 Å². The Morgan fingerprint density at radius 2 is 1.90 bits per heavy atom. The van der Waals surface area contributed by atoms with Crippen molar-refractivity contribution >= 4 is 11.6 Å². The topological polar surface area (TPSA) is 29.9 Å². The molecule has 1 aromatic heterocycles. The molecule has 2 rings (SSSR count). The van der Waals surface area contributed by atoms with Crippen molar-refractivity contribution in [3.8, 4) is 0 Å². The summed E-state index contributed by atoms with van der Waals surface area (Å²) in [7, 11) is 0. The maximum absolute atomic E-state index is 13.0. The minimum atomic E-state index is -4.39. The first-order chi connectivity index (χ1) is 9.77. The molecule has 1 aromatic carbocycles. The molecule has 0 aliphatic carbocycles. The molecule has 0 atom stereocenters. The number of nitrogens with zero attached hydrogens (tertiary/aromatic N) is 2. The van der Waals surface area contributed by atoms with E-state index in [0.29, 0.717) is 18.4 Å². The second-order valence-electron chi connectivity index (χ2n) is 5.42. The predicted octanol–water partition coefficient (Wildman–Crippen LogP) is 4.61. The number of para-hydroxylation sites is 1. The van der Waals surface area contributed by atoms with E-state index < -0.39 is 11.7 Å². The zero-order valence-corrected chi connectivity index (χ0v) is 12.2. The molecule has 1 heterocycles. The predicted molar refractivity (Wildman–Crippen MR) is 76.5 cm³/mol. The van der Waals surface area contributed by atoms with Gasteiger partial charge in [-0.25, -0.2) is 4.98 Å². The summed E-state index contributed by atoms with van der Waals surface area (Å²) in [6.45, 7) is 6.60. The number of aryl methyl sites for hydroxylation is 1. The number of anilines is 2. The molecule has 6 heteroatoms. The average molecular weight is 297 g/mol. The quantitative estimate of drug-likeness (QED) is 0.893. The van der Waals surface area contributed by atoms with Crippen LogP contribution >= 0.6 is 0 Å². The van der Waals surface area contributed by atoms with Crippen molar-refractivity contribution in [3.63, 3.8) is 0 Å². The Morgan fingerprint density at radius 3 is 2.52 bits per heavy atom. The molecule has 0 saturated carbocycles. The molecule has 114 valence electrons. The number of halogens is 3. The maximum Gasteiger partial charge on any atom is 0.418 e. The van der Waals surface area contributed by atoms with E-state index in [4.69, 9.17) is 0 Å². The van der Waals surface area contributed by atoms with Crippen molar-refractivity contribution in [2.24, 2.45) is 5.92 Å². The van der Waals surface area contributed by atoms with Gasteiger partial charge in [-0.2, -0.15) is 13.2 Å². The van der Waals surface area contributed by atoms with Crippen LogP contribution in [0, 0.1) is 12.8 Å². The molecule has 0 spiro atoms. The summed E-state index contributed by atoms with van der Waals surface area (Å²) in [5.74, 6) is 0.801. The fraction of sp³-hybridized carbons (Fsp3) is 0.400. The van der Waals surface area contributed by atoms with Gasteiger partial charge in [0.05, 0.1) is 16.9 Å². The Bertz CT molecular complexity index is 615. The van der Waals surface area contributed by atoms with Crippen molar-refractivity contribution < 1.29 is 13.2 Å². The molecule has 0 radical (unpaired) electrons. The lowest BCUT2D eigenvalue weighted by molar-refractivity contribution is -0.136. The minimum Gasteiger partial charge on any atom is -0.325 e. The highest BCUT2D eigenvalue weighted by atomic mass is 19.4. The van der Waals surface area contributed by atoms with Gasteiger partial charge in [0.25, 0.3) is 0 Å². The lowest BCUT2D eigenvalue weighted by Gasteiger charge is -2.15. The number of benzene rings is 1. The summed E-state index contributed by atoms with van der Waals surface area (Å²) in [4.78, 5) is 4.27. The first kappa shape index (κ1) is 15.4. The Hall–Kier alpha value is -1.98. The number of hydrogen-bond donors (Lipinski definition) is 1. The standard InChI is InChI=1S/C15H18F3N3/c1-10(2)8-21-9-11(3)19-14(21)20-13-7-5-4-6-12(13)15(16,17)18/h4-7,9-10H,8H2,1-3H3,(H,19,20). The number of aromatic nitrogens is 2. The molecule has 0 bridgehead atoms. The monoisotopic (exact) mass is 297 g/mol. The van der Waals surface area contributed by atoms with Crippen LogP contribution in [0.4, 0.5) is 24.8 Å². The van der Waals surface area contributed by atoms with Gasteiger partial charge in [0, 0.05) is 12.7 Å². The molecule has 2 aromatic rings. The van der Waals surface area contributed by atoms with E-state index in [9.17, 15) is 13.2 Å². The van der Waals surface area contributed by atoms with Crippen LogP contribution in [0.2, 0.25) is 0 Å². The molecule has 0 unspecified atom stereocenters. The van der Waals surface area contributed by atoms with E-state index in [2.05, 4.69) is 10.3 Å². The zero-order valence-electron chi connectivity index (χ0n) is 12.2. The second kappa shape index (κ2) is 5.79. The third-order valence-electron chi connectivity index (χ3n) is 2.94. The Morgan fingerprint density at radius 1 is 1.24 bits per heavy atom. The van der Waals surface area contributed by atoms with Crippen LogP contribution in [-0.2, 0) is 12.7 Å². The van der Waals surface area contributed by atoms with E-state index in [1.165, 1.54) is 12.1 Å². The molecular weight excluding hydrogens is 279 g/mol. The third kappa shape index (κ3) is 3.77. The normalized spacial score (nSPS) is 12.0. The van der Waals surface area contributed by atoms with E-state index in [0.717, 1.165) is 11.8 Å². The van der Waals surface area contributed by atoms with Crippen LogP contribution in [0.15, 0.2) is 30.5 Å². The van der Waals surface area contributed by atoms with Gasteiger partial charge in [0.15, 0.2) is 0 Å². The van der Waals surface area contributed by atoms with Gasteiger partial charge in [0.2, 0.25) is 5.95 Å². The molecular formula is C15H18F3N3. The van der Waals surface area contributed by atoms with Gasteiger partial charge in [-0.15, -0.1) is 0 Å². The molecule has 0 aliphatic rings. The molecule has 21 heavy (non-hydrogen) atoms. The molecule has 0 saturated heterocycles. The van der Waals surface area contributed by atoms with Gasteiger partial charge in [-0.3, -0.25) is 0 Å². The van der Waals surface area contributed by atoms with E-state index in [-0.39, 0.29) is 5.69 Å². The second-order valence-corrected chi connectivity index (χ2v) is 5.42. The Kier molecular flexibility index (Phi) is 4.25. The molecule has 0 amide bonds. The molecule has 0 aliphatic heterocycles. The smallest absolute Gasteiger partial charge is 0.325 e. The summed E-state index contributed by atoms with van der Waals surface area (Å²) >= 11 is 0. The fourth-order valence-corrected chi connectivity index (χ4v) is 2.14. The van der Waals surface area contributed by atoms with Crippen LogP contribution in [0.25, 0.3) is 0 Å². The van der Waals surface area contributed by atoms with Crippen molar-refractivity contribution in [3.05, 3.63) is 41.7 Å². The summed E-state index contributed by atoms with van der Waals surface area (Å²) in [5.41, 5.74) is 0.0880. The SMILES string of the molecule is Cc1cn(CC(C)C)c(Nc2ccccc2C(F)(F)F)n1. The lowest BCUT2D eigenvalue weighted by atomic mass is 10.1. The molecule has 0 fully saturated rings. The Balaban J connectivity index is 2.35. The number of hydrogen-bond acceptors (Lipinski definition) is 2. The van der Waals surface area contributed by atoms with Gasteiger partial charge in [-0.1, -0.05) is 26.0 Å². The highest BCUT2D eigenvalue weighted by molar-refractivity contribution is 5.60. The van der Waals surface area contributed by atoms with Crippen LogP contribution in [-0.4, -0.2) is 9.55 Å². The van der Waals surface area contributed by atoms with Gasteiger partial charge >= 0.3 is 6.18 Å². The summed E-state index contributed by atoms with van der Waals surface area (Å²) in [6, 6.07) is 5.41. The number of rotatable bonds is 4. The summed E-state index contributed by atoms with van der Waals surface area (Å²) in [6.07, 6.45) is -2.56.